The molecule has 0 aromatic heterocycles. The van der Waals surface area contributed by atoms with Crippen molar-refractivity contribution in [2.75, 3.05) is 0 Å². The highest BCUT2D eigenvalue weighted by Gasteiger charge is 2.11. The molecular weight excluding hydrogens is 200 g/mol. The predicted octanol–water partition coefficient (Wildman–Crippen LogP) is 4.34. The molecule has 0 saturated carbocycles. The zero-order valence-electron chi connectivity index (χ0n) is 11.3. The maximum Gasteiger partial charge on any atom is 0.306 e. The lowest BCUT2D eigenvalue weighted by Crippen LogP contribution is -2.09. The van der Waals surface area contributed by atoms with E-state index in [1.54, 1.807) is 6.92 Å². The number of carboxylic acids is 1. The van der Waals surface area contributed by atoms with E-state index < -0.39 is 5.97 Å². The van der Waals surface area contributed by atoms with Crippen molar-refractivity contribution >= 4 is 5.97 Å². The van der Waals surface area contributed by atoms with Gasteiger partial charge in [0, 0.05) is 0 Å². The number of carbonyl (C=O) groups is 1. The third-order valence-corrected chi connectivity index (χ3v) is 3.23. The van der Waals surface area contributed by atoms with E-state index in [0.29, 0.717) is 0 Å². The fourth-order valence-electron chi connectivity index (χ4n) is 1.91. The van der Waals surface area contributed by atoms with Gasteiger partial charge < -0.3 is 5.11 Å². The van der Waals surface area contributed by atoms with Gasteiger partial charge in [-0.25, -0.2) is 0 Å². The van der Waals surface area contributed by atoms with Crippen LogP contribution in [0.15, 0.2) is 0 Å². The largest absolute Gasteiger partial charge is 0.481 e. The van der Waals surface area contributed by atoms with Crippen molar-refractivity contribution < 1.29 is 9.90 Å². The normalized spacial score (nSPS) is 15.1. The van der Waals surface area contributed by atoms with Gasteiger partial charge in [-0.05, 0) is 18.3 Å². The molecule has 2 nitrogen and oxygen atoms in total. The zero-order chi connectivity index (χ0) is 12.6. The van der Waals surface area contributed by atoms with Crippen LogP contribution in [0.4, 0.5) is 0 Å². The van der Waals surface area contributed by atoms with Crippen molar-refractivity contribution in [3.63, 3.8) is 0 Å². The van der Waals surface area contributed by atoms with Crippen LogP contribution in [0.3, 0.4) is 0 Å². The van der Waals surface area contributed by atoms with Gasteiger partial charge in [-0.1, -0.05) is 59.8 Å². The van der Waals surface area contributed by atoms with E-state index in [-0.39, 0.29) is 5.92 Å². The molecule has 0 rings (SSSR count). The molecule has 0 radical (unpaired) electrons. The molecule has 0 aliphatic rings. The summed E-state index contributed by atoms with van der Waals surface area (Å²) in [6.07, 6.45) is 6.97. The predicted molar refractivity (Wildman–Crippen MR) is 68.5 cm³/mol. The van der Waals surface area contributed by atoms with Gasteiger partial charge in [-0.2, -0.15) is 0 Å². The van der Waals surface area contributed by atoms with Crippen LogP contribution < -0.4 is 0 Å². The van der Waals surface area contributed by atoms with Crippen molar-refractivity contribution in [1.29, 1.82) is 0 Å². The lowest BCUT2D eigenvalue weighted by atomic mass is 9.93. The topological polar surface area (TPSA) is 37.3 Å². The molecule has 0 aromatic rings. The van der Waals surface area contributed by atoms with E-state index in [1.165, 1.54) is 25.7 Å². The summed E-state index contributed by atoms with van der Waals surface area (Å²) in [5.41, 5.74) is 0. The lowest BCUT2D eigenvalue weighted by molar-refractivity contribution is -0.141. The molecule has 0 aliphatic heterocycles. The molecule has 96 valence electrons. The summed E-state index contributed by atoms with van der Waals surface area (Å²) in [6, 6.07) is 0. The highest BCUT2D eigenvalue weighted by molar-refractivity contribution is 5.69. The van der Waals surface area contributed by atoms with Crippen LogP contribution in [0, 0.1) is 17.8 Å². The van der Waals surface area contributed by atoms with E-state index >= 15 is 0 Å². The highest BCUT2D eigenvalue weighted by atomic mass is 16.4. The average Bonchev–Trinajstić information content (AvgIpc) is 2.16. The Morgan fingerprint density at radius 1 is 0.938 bits per heavy atom. The number of hydrogen-bond donors (Lipinski definition) is 1. The molecule has 0 aliphatic carbocycles. The van der Waals surface area contributed by atoms with Crippen molar-refractivity contribution in [3.8, 4) is 0 Å². The van der Waals surface area contributed by atoms with Crippen LogP contribution in [0.25, 0.3) is 0 Å². The monoisotopic (exact) mass is 228 g/mol. The quantitative estimate of drug-likeness (QED) is 0.637. The van der Waals surface area contributed by atoms with Crippen molar-refractivity contribution in [2.45, 2.75) is 66.2 Å². The van der Waals surface area contributed by atoms with Crippen LogP contribution in [-0.2, 0) is 4.79 Å². The highest BCUT2D eigenvalue weighted by Crippen LogP contribution is 2.19. The zero-order valence-corrected chi connectivity index (χ0v) is 11.3. The molecular formula is C14H28O2. The minimum absolute atomic E-state index is 0.178. The first-order chi connectivity index (χ1) is 7.43. The average molecular weight is 228 g/mol. The first-order valence-corrected chi connectivity index (χ1v) is 6.66. The molecule has 16 heavy (non-hydrogen) atoms. The third-order valence-electron chi connectivity index (χ3n) is 3.23. The molecule has 0 spiro atoms. The Balaban J connectivity index is 3.43. The van der Waals surface area contributed by atoms with Crippen LogP contribution in [0.5, 0.6) is 0 Å². The molecule has 0 aromatic carbocycles. The smallest absolute Gasteiger partial charge is 0.306 e. The molecule has 0 saturated heterocycles. The molecule has 2 unspecified atom stereocenters. The maximum absolute atomic E-state index is 10.6. The molecule has 0 heterocycles. The first kappa shape index (κ1) is 15.5. The molecule has 0 fully saturated rings. The standard InChI is InChI=1S/C14H28O2/c1-11(2)7-5-8-12(3)9-6-10-13(4)14(15)16/h11-13H,5-10H2,1-4H3,(H,15,16). The Bertz CT molecular complexity index is 187. The summed E-state index contributed by atoms with van der Waals surface area (Å²) in [7, 11) is 0. The molecule has 2 atom stereocenters. The van der Waals surface area contributed by atoms with Gasteiger partial charge in [0.1, 0.15) is 0 Å². The Kier molecular flexibility index (Phi) is 8.32. The number of carboxylic acid groups (broad SMARTS) is 1. The molecule has 1 N–H and O–H groups in total. The van der Waals surface area contributed by atoms with Crippen molar-refractivity contribution in [1.82, 2.24) is 0 Å². The Morgan fingerprint density at radius 3 is 1.88 bits per heavy atom. The van der Waals surface area contributed by atoms with Crippen LogP contribution in [-0.4, -0.2) is 11.1 Å². The number of hydrogen-bond acceptors (Lipinski definition) is 1. The van der Waals surface area contributed by atoms with Crippen LogP contribution in [0.2, 0.25) is 0 Å². The van der Waals surface area contributed by atoms with E-state index in [1.807, 2.05) is 0 Å². The number of rotatable bonds is 9. The summed E-state index contributed by atoms with van der Waals surface area (Å²) < 4.78 is 0. The molecule has 2 heteroatoms. The summed E-state index contributed by atoms with van der Waals surface area (Å²) in [6.45, 7) is 8.61. The minimum Gasteiger partial charge on any atom is -0.481 e. The first-order valence-electron chi connectivity index (χ1n) is 6.66. The summed E-state index contributed by atoms with van der Waals surface area (Å²) >= 11 is 0. The van der Waals surface area contributed by atoms with Crippen molar-refractivity contribution in [2.24, 2.45) is 17.8 Å². The second-order valence-electron chi connectivity index (χ2n) is 5.60. The summed E-state index contributed by atoms with van der Waals surface area (Å²) in [4.78, 5) is 10.6. The fraction of sp³-hybridized carbons (Fsp3) is 0.929. The summed E-state index contributed by atoms with van der Waals surface area (Å²) in [5, 5.41) is 8.75. The Morgan fingerprint density at radius 2 is 1.44 bits per heavy atom. The van der Waals surface area contributed by atoms with Gasteiger partial charge in [0.2, 0.25) is 0 Å². The van der Waals surface area contributed by atoms with Crippen LogP contribution >= 0.6 is 0 Å². The minimum atomic E-state index is -0.660. The van der Waals surface area contributed by atoms with Gasteiger partial charge >= 0.3 is 5.97 Å². The molecule has 0 bridgehead atoms. The number of aliphatic carboxylic acids is 1. The van der Waals surface area contributed by atoms with E-state index in [9.17, 15) is 4.79 Å². The fourth-order valence-corrected chi connectivity index (χ4v) is 1.91. The van der Waals surface area contributed by atoms with E-state index in [0.717, 1.165) is 24.7 Å². The third kappa shape index (κ3) is 8.75. The van der Waals surface area contributed by atoms with E-state index in [2.05, 4.69) is 20.8 Å². The van der Waals surface area contributed by atoms with E-state index in [4.69, 9.17) is 5.11 Å². The lowest BCUT2D eigenvalue weighted by Gasteiger charge is -2.13. The second-order valence-corrected chi connectivity index (χ2v) is 5.60. The Labute approximate surface area is 100 Å². The Hall–Kier alpha value is -0.530. The van der Waals surface area contributed by atoms with Gasteiger partial charge in [-0.3, -0.25) is 4.79 Å². The van der Waals surface area contributed by atoms with Crippen molar-refractivity contribution in [3.05, 3.63) is 0 Å². The maximum atomic E-state index is 10.6. The van der Waals surface area contributed by atoms with Gasteiger partial charge in [0.15, 0.2) is 0 Å². The summed E-state index contributed by atoms with van der Waals surface area (Å²) in [5.74, 6) is 0.717. The molecule has 0 amide bonds. The SMILES string of the molecule is CC(C)CCCC(C)CCCC(C)C(=O)O. The van der Waals surface area contributed by atoms with Gasteiger partial charge in [0.05, 0.1) is 5.92 Å². The van der Waals surface area contributed by atoms with Crippen LogP contribution in [0.1, 0.15) is 66.2 Å². The van der Waals surface area contributed by atoms with Gasteiger partial charge in [-0.15, -0.1) is 0 Å². The van der Waals surface area contributed by atoms with Gasteiger partial charge in [0.25, 0.3) is 0 Å². The second kappa shape index (κ2) is 8.60.